The number of halogens is 6. The van der Waals surface area contributed by atoms with E-state index in [0.717, 1.165) is 5.56 Å². The quantitative estimate of drug-likeness (QED) is 0.419. The minimum absolute atomic E-state index is 0.0267. The molecule has 0 aromatic carbocycles. The number of nitrogens with zero attached hydrogens (tertiary/aromatic N) is 1. The van der Waals surface area contributed by atoms with E-state index < -0.39 is 13.5 Å². The Kier molecular flexibility index (Phi) is 6.40. The Morgan fingerprint density at radius 1 is 1.06 bits per heavy atom. The minimum Gasteiger partial charge on any atom is -0.244 e. The first-order valence-electron chi connectivity index (χ1n) is 4.26. The molecule has 0 atom stereocenters. The molecule has 0 saturated heterocycles. The summed E-state index contributed by atoms with van der Waals surface area (Å²) in [5.74, 6) is 0. The van der Waals surface area contributed by atoms with Crippen LogP contribution in [-0.4, -0.2) is 17.0 Å². The van der Waals surface area contributed by atoms with Crippen molar-refractivity contribution in [3.05, 3.63) is 23.9 Å². The lowest BCUT2D eigenvalue weighted by atomic mass is 10.2. The SMILES string of the molecule is O=S(=O)(c1ccc(CC(Br)(Br)Br)cn1)C(Br)(Br)Br. The van der Waals surface area contributed by atoms with Gasteiger partial charge in [-0.05, 0) is 59.4 Å². The lowest BCUT2D eigenvalue weighted by Crippen LogP contribution is -2.19. The van der Waals surface area contributed by atoms with Gasteiger partial charge in [-0.3, -0.25) is 0 Å². The molecule has 102 valence electrons. The molecule has 0 N–H and O–H groups in total. The number of hydrogen-bond donors (Lipinski definition) is 0. The molecule has 0 amide bonds. The summed E-state index contributed by atoms with van der Waals surface area (Å²) in [5, 5.41) is -0.0267. The van der Waals surface area contributed by atoms with Crippen molar-refractivity contribution >= 4 is 105 Å². The highest BCUT2D eigenvalue weighted by atomic mass is 80.0. The van der Waals surface area contributed by atoms with Crippen LogP contribution >= 0.6 is 95.6 Å². The van der Waals surface area contributed by atoms with Crippen molar-refractivity contribution in [2.24, 2.45) is 0 Å². The van der Waals surface area contributed by atoms with Gasteiger partial charge in [0.1, 0.15) is 2.14 Å². The van der Waals surface area contributed by atoms with E-state index in [2.05, 4.69) is 101 Å². The molecule has 0 aliphatic carbocycles. The summed E-state index contributed by atoms with van der Waals surface area (Å²) >= 11 is 19.1. The average molecular weight is 659 g/mol. The smallest absolute Gasteiger partial charge is 0.240 e. The molecule has 0 aliphatic rings. The highest BCUT2D eigenvalue weighted by Gasteiger charge is 2.38. The van der Waals surface area contributed by atoms with Crippen LogP contribution in [0.5, 0.6) is 0 Å². The molecule has 0 bridgehead atoms. The van der Waals surface area contributed by atoms with Crippen molar-refractivity contribution in [2.45, 2.75) is 15.1 Å². The molecule has 0 fully saturated rings. The van der Waals surface area contributed by atoms with E-state index in [0.29, 0.717) is 6.42 Å². The molecule has 1 rings (SSSR count). The molecule has 0 spiro atoms. The minimum atomic E-state index is -3.63. The van der Waals surface area contributed by atoms with Crippen molar-refractivity contribution < 1.29 is 8.42 Å². The highest BCUT2D eigenvalue weighted by Crippen LogP contribution is 2.42. The summed E-state index contributed by atoms with van der Waals surface area (Å²) in [6, 6.07) is 3.17. The summed E-state index contributed by atoms with van der Waals surface area (Å²) in [5.41, 5.74) is 0.879. The largest absolute Gasteiger partial charge is 0.244 e. The maximum absolute atomic E-state index is 12.0. The van der Waals surface area contributed by atoms with Crippen LogP contribution in [0.3, 0.4) is 0 Å². The Morgan fingerprint density at radius 2 is 1.61 bits per heavy atom. The van der Waals surface area contributed by atoms with E-state index in [4.69, 9.17) is 0 Å². The molecule has 0 radical (unpaired) electrons. The molecular formula is C8H5Br6NO2S. The van der Waals surface area contributed by atoms with E-state index in [1.165, 1.54) is 12.3 Å². The van der Waals surface area contributed by atoms with Crippen molar-refractivity contribution in [3.8, 4) is 0 Å². The van der Waals surface area contributed by atoms with Crippen LogP contribution in [0.2, 0.25) is 0 Å². The maximum Gasteiger partial charge on any atom is 0.240 e. The third-order valence-electron chi connectivity index (χ3n) is 1.78. The van der Waals surface area contributed by atoms with E-state index >= 15 is 0 Å². The van der Waals surface area contributed by atoms with Gasteiger partial charge in [-0.25, -0.2) is 13.4 Å². The van der Waals surface area contributed by atoms with Gasteiger partial charge in [0.15, 0.2) is 5.03 Å². The Morgan fingerprint density at radius 3 is 1.94 bits per heavy atom. The van der Waals surface area contributed by atoms with Crippen molar-refractivity contribution in [1.82, 2.24) is 4.98 Å². The summed E-state index contributed by atoms with van der Waals surface area (Å²) in [7, 11) is -3.63. The monoisotopic (exact) mass is 653 g/mol. The molecule has 1 heterocycles. The van der Waals surface area contributed by atoms with Crippen molar-refractivity contribution in [3.63, 3.8) is 0 Å². The van der Waals surface area contributed by atoms with Gasteiger partial charge in [0.25, 0.3) is 0 Å². The summed E-state index contributed by atoms with van der Waals surface area (Å²) in [4.78, 5) is 3.96. The van der Waals surface area contributed by atoms with Crippen LogP contribution in [0.25, 0.3) is 0 Å². The van der Waals surface area contributed by atoms with Crippen molar-refractivity contribution in [1.29, 1.82) is 0 Å². The molecule has 0 unspecified atom stereocenters. The zero-order chi connectivity index (χ0) is 14.2. The van der Waals surface area contributed by atoms with E-state index in [-0.39, 0.29) is 5.03 Å². The number of aromatic nitrogens is 1. The second-order valence-electron chi connectivity index (χ2n) is 3.25. The van der Waals surface area contributed by atoms with Crippen LogP contribution in [0, 0.1) is 0 Å². The zero-order valence-corrected chi connectivity index (χ0v) is 18.7. The molecular weight excluding hydrogens is 654 g/mol. The van der Waals surface area contributed by atoms with Gasteiger partial charge in [0, 0.05) is 12.6 Å². The highest BCUT2D eigenvalue weighted by molar-refractivity contribution is 9.42. The van der Waals surface area contributed by atoms with E-state index in [1.807, 2.05) is 0 Å². The zero-order valence-electron chi connectivity index (χ0n) is 8.38. The predicted molar refractivity (Wildman–Crippen MR) is 94.2 cm³/mol. The third kappa shape index (κ3) is 5.07. The van der Waals surface area contributed by atoms with Crippen LogP contribution in [0.15, 0.2) is 23.4 Å². The molecule has 1 aromatic heterocycles. The second-order valence-corrected chi connectivity index (χ2v) is 20.9. The summed E-state index contributed by atoms with van der Waals surface area (Å²) < 4.78 is 22.2. The van der Waals surface area contributed by atoms with Gasteiger partial charge in [-0.2, -0.15) is 0 Å². The third-order valence-corrected chi connectivity index (χ3v) is 7.86. The van der Waals surface area contributed by atoms with Crippen molar-refractivity contribution in [2.75, 3.05) is 0 Å². The first-order valence-corrected chi connectivity index (χ1v) is 10.5. The lowest BCUT2D eigenvalue weighted by Gasteiger charge is -2.14. The first kappa shape index (κ1) is 18.0. The van der Waals surface area contributed by atoms with Crippen LogP contribution in [0.1, 0.15) is 5.56 Å². The van der Waals surface area contributed by atoms with Gasteiger partial charge in [-0.15, -0.1) is 0 Å². The number of rotatable bonds is 2. The second kappa shape index (κ2) is 6.39. The molecule has 0 saturated carbocycles. The normalized spacial score (nSPS) is 13.7. The number of hydrogen-bond acceptors (Lipinski definition) is 3. The Bertz CT molecular complexity index is 516. The molecule has 1 aromatic rings. The summed E-state index contributed by atoms with van der Waals surface area (Å²) in [6.45, 7) is 0. The molecule has 18 heavy (non-hydrogen) atoms. The average Bonchev–Trinajstić information content (AvgIpc) is 2.14. The fourth-order valence-electron chi connectivity index (χ4n) is 1.02. The van der Waals surface area contributed by atoms with Gasteiger partial charge >= 0.3 is 0 Å². The Labute approximate surface area is 156 Å². The number of alkyl halides is 6. The van der Waals surface area contributed by atoms with E-state index in [1.54, 1.807) is 6.07 Å². The Hall–Kier alpha value is 1.98. The predicted octanol–water partition coefficient (Wildman–Crippen LogP) is 5.03. The van der Waals surface area contributed by atoms with Gasteiger partial charge < -0.3 is 0 Å². The van der Waals surface area contributed by atoms with Gasteiger partial charge in [0.05, 0.1) is 0 Å². The fraction of sp³-hybridized carbons (Fsp3) is 0.375. The molecule has 3 nitrogen and oxygen atoms in total. The van der Waals surface area contributed by atoms with Gasteiger partial charge in [0.2, 0.25) is 11.3 Å². The first-order chi connectivity index (χ1) is 7.93. The summed E-state index contributed by atoms with van der Waals surface area (Å²) in [6.07, 6.45) is 2.12. The van der Waals surface area contributed by atoms with Crippen LogP contribution < -0.4 is 0 Å². The number of pyridine rings is 1. The van der Waals surface area contributed by atoms with E-state index in [9.17, 15) is 8.42 Å². The molecule has 0 aliphatic heterocycles. The topological polar surface area (TPSA) is 47.0 Å². The van der Waals surface area contributed by atoms with Crippen LogP contribution in [-0.2, 0) is 16.3 Å². The van der Waals surface area contributed by atoms with Gasteiger partial charge in [-0.1, -0.05) is 53.9 Å². The standard InChI is InChI=1S/C8H5Br6NO2S/c9-7(10,11)3-5-1-2-6(15-4-5)18(16,17)8(12,13)14/h1-2,4H,3H2. The number of sulfone groups is 1. The molecule has 10 heteroatoms. The lowest BCUT2D eigenvalue weighted by molar-refractivity contribution is 0.595. The van der Waals surface area contributed by atoms with Crippen LogP contribution in [0.4, 0.5) is 0 Å². The fourth-order valence-corrected chi connectivity index (χ4v) is 4.16. The maximum atomic E-state index is 12.0. The Balaban J connectivity index is 3.05.